The molecule has 2 aliphatic rings. The summed E-state index contributed by atoms with van der Waals surface area (Å²) in [7, 11) is 0. The van der Waals surface area contributed by atoms with Crippen LogP contribution >= 0.6 is 0 Å². The second-order valence-electron chi connectivity index (χ2n) is 6.85. The summed E-state index contributed by atoms with van der Waals surface area (Å²) in [5.74, 6) is 0.147. The summed E-state index contributed by atoms with van der Waals surface area (Å²) in [6.07, 6.45) is 6.23. The van der Waals surface area contributed by atoms with Gasteiger partial charge in [-0.3, -0.25) is 9.69 Å². The maximum Gasteiger partial charge on any atom is 0.254 e. The van der Waals surface area contributed by atoms with Gasteiger partial charge in [-0.05, 0) is 73.5 Å². The van der Waals surface area contributed by atoms with Gasteiger partial charge in [-0.2, -0.15) is 0 Å². The summed E-state index contributed by atoms with van der Waals surface area (Å²) in [4.78, 5) is 17.7. The fraction of sp³-hybridized carbons (Fsp3) is 0.556. The number of carbonyl (C=O) groups excluding carboxylic acids is 1. The lowest BCUT2D eigenvalue weighted by atomic mass is 10.0. The molecule has 2 fully saturated rings. The van der Waals surface area contributed by atoms with E-state index in [2.05, 4.69) is 32.2 Å². The molecule has 0 radical (unpaired) electrons. The summed E-state index contributed by atoms with van der Waals surface area (Å²) in [6.45, 7) is 5.33. The lowest BCUT2D eigenvalue weighted by Crippen LogP contribution is -2.48. The first-order valence-electron chi connectivity index (χ1n) is 9.16. The molecular formula is C18H24N6O. The van der Waals surface area contributed by atoms with Crippen LogP contribution in [0, 0.1) is 0 Å². The Kier molecular flexibility index (Phi) is 4.48. The van der Waals surface area contributed by atoms with E-state index in [0.717, 1.165) is 37.2 Å². The van der Waals surface area contributed by atoms with Gasteiger partial charge in [-0.15, -0.1) is 5.10 Å². The molecule has 2 aromatic rings. The van der Waals surface area contributed by atoms with Gasteiger partial charge < -0.3 is 4.90 Å². The Hall–Kier alpha value is -2.28. The Morgan fingerprint density at radius 3 is 2.60 bits per heavy atom. The molecule has 1 aromatic heterocycles. The number of likely N-dealkylation sites (tertiary alicyclic amines) is 2. The molecule has 1 amide bonds. The highest BCUT2D eigenvalue weighted by molar-refractivity contribution is 5.94. The summed E-state index contributed by atoms with van der Waals surface area (Å²) in [5, 5.41) is 11.2. The van der Waals surface area contributed by atoms with Gasteiger partial charge in [-0.25, -0.2) is 4.68 Å². The fourth-order valence-electron chi connectivity index (χ4n) is 4.33. The average Bonchev–Trinajstić information content (AvgIpc) is 3.41. The first-order chi connectivity index (χ1) is 12.3. The number of likely N-dealkylation sites (N-methyl/N-ethyl adjacent to an activating group) is 1. The van der Waals surface area contributed by atoms with Crippen molar-refractivity contribution in [2.45, 2.75) is 44.7 Å². The molecule has 0 N–H and O–H groups in total. The van der Waals surface area contributed by atoms with Gasteiger partial charge in [0.05, 0.1) is 5.69 Å². The van der Waals surface area contributed by atoms with Gasteiger partial charge >= 0.3 is 0 Å². The Bertz CT molecular complexity index is 714. The number of rotatable bonds is 4. The molecular weight excluding hydrogens is 316 g/mol. The molecule has 25 heavy (non-hydrogen) atoms. The first-order valence-corrected chi connectivity index (χ1v) is 9.16. The molecule has 3 heterocycles. The molecule has 2 saturated heterocycles. The van der Waals surface area contributed by atoms with Crippen molar-refractivity contribution in [3.05, 3.63) is 36.2 Å². The maximum atomic E-state index is 13.1. The number of nitrogens with zero attached hydrogens (tertiary/aromatic N) is 6. The van der Waals surface area contributed by atoms with Crippen molar-refractivity contribution >= 4 is 5.91 Å². The van der Waals surface area contributed by atoms with Crippen molar-refractivity contribution in [2.75, 3.05) is 19.6 Å². The molecule has 2 atom stereocenters. The number of tetrazole rings is 1. The zero-order valence-electron chi connectivity index (χ0n) is 14.6. The number of hydrogen-bond donors (Lipinski definition) is 0. The van der Waals surface area contributed by atoms with Crippen LogP contribution in [-0.4, -0.2) is 67.6 Å². The van der Waals surface area contributed by atoms with Gasteiger partial charge in [0.2, 0.25) is 0 Å². The van der Waals surface area contributed by atoms with Gasteiger partial charge in [0.25, 0.3) is 5.91 Å². The van der Waals surface area contributed by atoms with E-state index in [9.17, 15) is 4.79 Å². The zero-order valence-corrected chi connectivity index (χ0v) is 14.6. The minimum Gasteiger partial charge on any atom is -0.334 e. The van der Waals surface area contributed by atoms with Gasteiger partial charge in [0, 0.05) is 24.2 Å². The summed E-state index contributed by atoms with van der Waals surface area (Å²) < 4.78 is 1.59. The Labute approximate surface area is 147 Å². The topological polar surface area (TPSA) is 67.2 Å². The third kappa shape index (κ3) is 3.04. The lowest BCUT2D eigenvalue weighted by Gasteiger charge is -2.34. The van der Waals surface area contributed by atoms with Gasteiger partial charge in [0.15, 0.2) is 0 Å². The van der Waals surface area contributed by atoms with E-state index >= 15 is 0 Å². The predicted octanol–water partition coefficient (Wildman–Crippen LogP) is 1.75. The Balaban J connectivity index is 1.51. The molecule has 1 aromatic carbocycles. The van der Waals surface area contributed by atoms with Crippen LogP contribution in [0.15, 0.2) is 30.6 Å². The fourth-order valence-corrected chi connectivity index (χ4v) is 4.33. The van der Waals surface area contributed by atoms with Crippen LogP contribution in [-0.2, 0) is 0 Å². The summed E-state index contributed by atoms with van der Waals surface area (Å²) >= 11 is 0. The number of amides is 1. The first kappa shape index (κ1) is 16.2. The maximum absolute atomic E-state index is 13.1. The number of benzene rings is 1. The van der Waals surface area contributed by atoms with Crippen molar-refractivity contribution in [3.8, 4) is 5.69 Å². The van der Waals surface area contributed by atoms with Gasteiger partial charge in [0.1, 0.15) is 6.33 Å². The van der Waals surface area contributed by atoms with Crippen molar-refractivity contribution in [1.29, 1.82) is 0 Å². The predicted molar refractivity (Wildman–Crippen MR) is 93.5 cm³/mol. The average molecular weight is 340 g/mol. The normalized spacial score (nSPS) is 24.1. The van der Waals surface area contributed by atoms with Crippen LogP contribution in [0.3, 0.4) is 0 Å². The highest BCUT2D eigenvalue weighted by Gasteiger charge is 2.39. The molecule has 7 nitrogen and oxygen atoms in total. The molecule has 0 unspecified atom stereocenters. The molecule has 2 aliphatic heterocycles. The Morgan fingerprint density at radius 2 is 1.88 bits per heavy atom. The molecule has 7 heteroatoms. The van der Waals surface area contributed by atoms with Crippen LogP contribution in [0.2, 0.25) is 0 Å². The van der Waals surface area contributed by atoms with Crippen LogP contribution in [0.1, 0.15) is 43.0 Å². The third-order valence-electron chi connectivity index (χ3n) is 5.55. The summed E-state index contributed by atoms with van der Waals surface area (Å²) in [6, 6.07) is 8.42. The largest absolute Gasteiger partial charge is 0.334 e. The standard InChI is InChI=1S/C18H24N6O/c1-2-22-11-3-5-16(22)17-6-4-12-23(17)18(25)14-7-9-15(10-8-14)24-13-19-20-21-24/h7-10,13,16-17H,2-6,11-12H2,1H3/t16-,17+/m1/s1. The van der Waals surface area contributed by atoms with E-state index < -0.39 is 0 Å². The van der Waals surface area contributed by atoms with E-state index in [1.54, 1.807) is 11.0 Å². The number of carbonyl (C=O) groups is 1. The van der Waals surface area contributed by atoms with Crippen molar-refractivity contribution in [1.82, 2.24) is 30.0 Å². The molecule has 132 valence electrons. The third-order valence-corrected chi connectivity index (χ3v) is 5.55. The molecule has 0 aliphatic carbocycles. The minimum atomic E-state index is 0.147. The van der Waals surface area contributed by atoms with E-state index in [-0.39, 0.29) is 5.91 Å². The highest BCUT2D eigenvalue weighted by atomic mass is 16.2. The zero-order chi connectivity index (χ0) is 17.2. The van der Waals surface area contributed by atoms with E-state index in [1.165, 1.54) is 19.4 Å². The summed E-state index contributed by atoms with van der Waals surface area (Å²) in [5.41, 5.74) is 1.59. The number of aromatic nitrogens is 4. The van der Waals surface area contributed by atoms with E-state index in [4.69, 9.17) is 0 Å². The van der Waals surface area contributed by atoms with Crippen molar-refractivity contribution in [2.24, 2.45) is 0 Å². The van der Waals surface area contributed by atoms with Crippen LogP contribution in [0.4, 0.5) is 0 Å². The molecule has 0 spiro atoms. The van der Waals surface area contributed by atoms with E-state index in [1.807, 2.05) is 24.3 Å². The molecule has 4 rings (SSSR count). The smallest absolute Gasteiger partial charge is 0.254 e. The van der Waals surface area contributed by atoms with E-state index in [0.29, 0.717) is 12.1 Å². The Morgan fingerprint density at radius 1 is 1.12 bits per heavy atom. The minimum absolute atomic E-state index is 0.147. The van der Waals surface area contributed by atoms with Crippen LogP contribution in [0.5, 0.6) is 0 Å². The molecule has 0 saturated carbocycles. The highest BCUT2D eigenvalue weighted by Crippen LogP contribution is 2.30. The van der Waals surface area contributed by atoms with Crippen molar-refractivity contribution < 1.29 is 4.79 Å². The SMILES string of the molecule is CCN1CCC[C@@H]1[C@@H]1CCCN1C(=O)c1ccc(-n2cnnn2)cc1. The lowest BCUT2D eigenvalue weighted by molar-refractivity contribution is 0.0650. The monoisotopic (exact) mass is 340 g/mol. The number of hydrogen-bond acceptors (Lipinski definition) is 5. The quantitative estimate of drug-likeness (QED) is 0.848. The second kappa shape index (κ2) is 6.92. The van der Waals surface area contributed by atoms with Crippen LogP contribution < -0.4 is 0 Å². The second-order valence-corrected chi connectivity index (χ2v) is 6.85. The molecule has 0 bridgehead atoms. The van der Waals surface area contributed by atoms with Crippen LogP contribution in [0.25, 0.3) is 5.69 Å². The van der Waals surface area contributed by atoms with Crippen molar-refractivity contribution in [3.63, 3.8) is 0 Å². The van der Waals surface area contributed by atoms with Gasteiger partial charge in [-0.1, -0.05) is 6.92 Å².